The number of hydrogen-bond donors (Lipinski definition) is 2. The zero-order valence-corrected chi connectivity index (χ0v) is 11.9. The molecule has 0 radical (unpaired) electrons. The van der Waals surface area contributed by atoms with Gasteiger partial charge in [-0.25, -0.2) is 0 Å². The van der Waals surface area contributed by atoms with E-state index in [9.17, 15) is 4.79 Å². The lowest BCUT2D eigenvalue weighted by Crippen LogP contribution is -2.39. The Labute approximate surface area is 119 Å². The predicted molar refractivity (Wildman–Crippen MR) is 77.6 cm³/mol. The normalized spacial score (nSPS) is 18.8. The molecule has 1 heterocycles. The van der Waals surface area contributed by atoms with E-state index in [-0.39, 0.29) is 5.91 Å². The van der Waals surface area contributed by atoms with Crippen molar-refractivity contribution in [3.63, 3.8) is 0 Å². The Morgan fingerprint density at radius 2 is 2.30 bits per heavy atom. The maximum atomic E-state index is 12.0. The summed E-state index contributed by atoms with van der Waals surface area (Å²) in [6, 6.07) is 7.84. The van der Waals surface area contributed by atoms with E-state index in [1.54, 1.807) is 0 Å². The number of anilines is 1. The van der Waals surface area contributed by atoms with Crippen LogP contribution in [0.15, 0.2) is 24.3 Å². The third-order valence-corrected chi connectivity index (χ3v) is 3.06. The smallest absolute Gasteiger partial charge is 0.255 e. The van der Waals surface area contributed by atoms with Crippen molar-refractivity contribution in [2.24, 2.45) is 0 Å². The number of ether oxygens (including phenoxy) is 2. The third kappa shape index (κ3) is 4.59. The minimum Gasteiger partial charge on any atom is -0.376 e. The molecule has 110 valence electrons. The lowest BCUT2D eigenvalue weighted by Gasteiger charge is -2.22. The van der Waals surface area contributed by atoms with E-state index in [0.29, 0.717) is 19.8 Å². The van der Waals surface area contributed by atoms with Crippen molar-refractivity contribution in [2.45, 2.75) is 26.0 Å². The van der Waals surface area contributed by atoms with Crippen LogP contribution in [0.4, 0.5) is 5.69 Å². The quantitative estimate of drug-likeness (QED) is 0.775. The molecule has 1 amide bonds. The largest absolute Gasteiger partial charge is 0.376 e. The van der Waals surface area contributed by atoms with Crippen LogP contribution in [0.1, 0.15) is 18.9 Å². The molecule has 1 atom stereocenters. The molecule has 0 saturated carbocycles. The second-order valence-corrected chi connectivity index (χ2v) is 4.80. The first-order valence-corrected chi connectivity index (χ1v) is 7.09. The molecule has 1 aliphatic heterocycles. The minimum absolute atomic E-state index is 0.150. The first-order valence-electron chi connectivity index (χ1n) is 7.09. The van der Waals surface area contributed by atoms with Crippen LogP contribution in [0.2, 0.25) is 0 Å². The highest BCUT2D eigenvalue weighted by atomic mass is 16.6. The molecule has 1 aromatic carbocycles. The molecule has 0 aromatic heterocycles. The summed E-state index contributed by atoms with van der Waals surface area (Å²) in [5.74, 6) is -0.150. The Morgan fingerprint density at radius 3 is 3.05 bits per heavy atom. The monoisotopic (exact) mass is 278 g/mol. The fourth-order valence-corrected chi connectivity index (χ4v) is 2.03. The molecule has 1 aromatic rings. The van der Waals surface area contributed by atoms with Crippen molar-refractivity contribution >= 4 is 11.6 Å². The van der Waals surface area contributed by atoms with Gasteiger partial charge < -0.3 is 20.1 Å². The zero-order chi connectivity index (χ0) is 14.2. The molecular weight excluding hydrogens is 256 g/mol. The van der Waals surface area contributed by atoms with Crippen LogP contribution < -0.4 is 10.6 Å². The number of nitrogens with one attached hydrogen (secondary N) is 2. The summed E-state index contributed by atoms with van der Waals surface area (Å²) in [5, 5.41) is 6.21. The fourth-order valence-electron chi connectivity index (χ4n) is 2.03. The van der Waals surface area contributed by atoms with E-state index in [1.165, 1.54) is 0 Å². The lowest BCUT2D eigenvalue weighted by molar-refractivity contribution is -0.142. The summed E-state index contributed by atoms with van der Waals surface area (Å²) >= 11 is 0. The van der Waals surface area contributed by atoms with Crippen molar-refractivity contribution in [1.82, 2.24) is 5.32 Å². The van der Waals surface area contributed by atoms with Crippen LogP contribution in [0.25, 0.3) is 0 Å². The Kier molecular flexibility index (Phi) is 5.98. The highest BCUT2D eigenvalue weighted by Crippen LogP contribution is 2.12. The maximum absolute atomic E-state index is 12.0. The number of hydrogen-bond acceptors (Lipinski definition) is 4. The highest BCUT2D eigenvalue weighted by molar-refractivity contribution is 5.94. The fraction of sp³-hybridized carbons (Fsp3) is 0.533. The van der Waals surface area contributed by atoms with Gasteiger partial charge in [0.2, 0.25) is 0 Å². The van der Waals surface area contributed by atoms with Crippen LogP contribution in [0.3, 0.4) is 0 Å². The molecule has 1 aliphatic rings. The first-order chi connectivity index (χ1) is 9.79. The van der Waals surface area contributed by atoms with E-state index < -0.39 is 6.10 Å². The molecule has 5 nitrogen and oxygen atoms in total. The van der Waals surface area contributed by atoms with Gasteiger partial charge in [-0.2, -0.15) is 0 Å². The van der Waals surface area contributed by atoms with Crippen molar-refractivity contribution in [2.75, 3.05) is 31.7 Å². The van der Waals surface area contributed by atoms with Crippen LogP contribution in [-0.2, 0) is 20.8 Å². The Hall–Kier alpha value is -1.43. The molecule has 1 saturated heterocycles. The van der Waals surface area contributed by atoms with E-state index in [1.807, 2.05) is 24.3 Å². The summed E-state index contributed by atoms with van der Waals surface area (Å²) in [5.41, 5.74) is 1.94. The molecule has 0 bridgehead atoms. The minimum atomic E-state index is -0.509. The molecule has 1 unspecified atom stereocenters. The van der Waals surface area contributed by atoms with Gasteiger partial charge in [-0.05, 0) is 30.7 Å². The van der Waals surface area contributed by atoms with Gasteiger partial charge in [-0.1, -0.05) is 19.1 Å². The van der Waals surface area contributed by atoms with Gasteiger partial charge in [-0.15, -0.1) is 0 Å². The van der Waals surface area contributed by atoms with E-state index in [0.717, 1.165) is 30.8 Å². The molecule has 2 rings (SSSR count). The molecule has 0 aliphatic carbocycles. The molecule has 20 heavy (non-hydrogen) atoms. The van der Waals surface area contributed by atoms with Gasteiger partial charge >= 0.3 is 0 Å². The summed E-state index contributed by atoms with van der Waals surface area (Å²) in [4.78, 5) is 12.0. The number of rotatable bonds is 6. The second-order valence-electron chi connectivity index (χ2n) is 4.80. The number of carbonyl (C=O) groups is 1. The molecule has 1 fully saturated rings. The Bertz CT molecular complexity index is 431. The topological polar surface area (TPSA) is 59.6 Å². The van der Waals surface area contributed by atoms with Crippen LogP contribution in [0.5, 0.6) is 0 Å². The molecule has 2 N–H and O–H groups in total. The zero-order valence-electron chi connectivity index (χ0n) is 11.9. The molecular formula is C15H22N2O3. The Morgan fingerprint density at radius 1 is 1.40 bits per heavy atom. The summed E-state index contributed by atoms with van der Waals surface area (Å²) in [6.07, 6.45) is 0.598. The van der Waals surface area contributed by atoms with Crippen molar-refractivity contribution in [3.8, 4) is 0 Å². The number of amides is 1. The first kappa shape index (κ1) is 15.0. The average molecular weight is 278 g/mol. The lowest BCUT2D eigenvalue weighted by atomic mass is 10.2. The van der Waals surface area contributed by atoms with E-state index >= 15 is 0 Å². The average Bonchev–Trinajstić information content (AvgIpc) is 2.49. The second kappa shape index (κ2) is 7.99. The van der Waals surface area contributed by atoms with Gasteiger partial charge in [0.15, 0.2) is 6.10 Å². The third-order valence-electron chi connectivity index (χ3n) is 3.06. The SMILES string of the molecule is CCCNCc1cccc(NC(=O)C2COCCO2)c1. The maximum Gasteiger partial charge on any atom is 0.255 e. The van der Waals surface area contributed by atoms with Crippen molar-refractivity contribution in [3.05, 3.63) is 29.8 Å². The van der Waals surface area contributed by atoms with Gasteiger partial charge in [-0.3, -0.25) is 4.79 Å². The number of carbonyl (C=O) groups excluding carboxylic acids is 1. The van der Waals surface area contributed by atoms with E-state index in [4.69, 9.17) is 9.47 Å². The van der Waals surface area contributed by atoms with Gasteiger partial charge in [0.05, 0.1) is 19.8 Å². The molecule has 0 spiro atoms. The van der Waals surface area contributed by atoms with Gasteiger partial charge in [0, 0.05) is 12.2 Å². The summed E-state index contributed by atoms with van der Waals surface area (Å²) in [6.45, 7) is 5.28. The van der Waals surface area contributed by atoms with Crippen LogP contribution >= 0.6 is 0 Å². The number of benzene rings is 1. The predicted octanol–water partition coefficient (Wildman–Crippen LogP) is 1.54. The van der Waals surface area contributed by atoms with Crippen LogP contribution in [-0.4, -0.2) is 38.4 Å². The van der Waals surface area contributed by atoms with Crippen molar-refractivity contribution < 1.29 is 14.3 Å². The van der Waals surface area contributed by atoms with Crippen molar-refractivity contribution in [1.29, 1.82) is 0 Å². The van der Waals surface area contributed by atoms with Crippen LogP contribution in [0, 0.1) is 0 Å². The molecule has 5 heteroatoms. The van der Waals surface area contributed by atoms with E-state index in [2.05, 4.69) is 17.6 Å². The van der Waals surface area contributed by atoms with Gasteiger partial charge in [0.25, 0.3) is 5.91 Å². The Balaban J connectivity index is 1.88. The van der Waals surface area contributed by atoms with Gasteiger partial charge in [0.1, 0.15) is 0 Å². The standard InChI is InChI=1S/C15H22N2O3/c1-2-6-16-10-12-4-3-5-13(9-12)17-15(18)14-11-19-7-8-20-14/h3-5,9,14,16H,2,6-8,10-11H2,1H3,(H,17,18). The summed E-state index contributed by atoms with van der Waals surface area (Å²) in [7, 11) is 0. The highest BCUT2D eigenvalue weighted by Gasteiger charge is 2.22. The summed E-state index contributed by atoms with van der Waals surface area (Å²) < 4.78 is 10.6.